The fourth-order valence-electron chi connectivity index (χ4n) is 3.77. The number of carbonyl (C=O) groups is 2. The van der Waals surface area contributed by atoms with Gasteiger partial charge in [-0.15, -0.1) is 0 Å². The highest BCUT2D eigenvalue weighted by molar-refractivity contribution is 5.99. The molecule has 1 aliphatic rings. The van der Waals surface area contributed by atoms with Gasteiger partial charge in [0.05, 0.1) is 12.5 Å². The molecule has 2 aromatic rings. The van der Waals surface area contributed by atoms with Crippen molar-refractivity contribution in [2.45, 2.75) is 38.0 Å². The number of carbonyl (C=O) groups excluding carboxylic acids is 1. The predicted octanol–water partition coefficient (Wildman–Crippen LogP) is 3.92. The predicted molar refractivity (Wildman–Crippen MR) is 106 cm³/mol. The molecule has 1 fully saturated rings. The lowest BCUT2D eigenvalue weighted by Gasteiger charge is -2.29. The van der Waals surface area contributed by atoms with Gasteiger partial charge in [0.15, 0.2) is 6.61 Å². The van der Waals surface area contributed by atoms with E-state index >= 15 is 0 Å². The molecule has 0 saturated heterocycles. The standard InChI is InChI=1S/C22H25NO5/c1-15-5-6-16(13-19(15)27-2)22(11-3-4-12-22)21(26)23-17-7-9-18(10-8-17)28-14-20(24)25/h5-10,13H,3-4,11-12,14H2,1-2H3,(H,23,26)(H,24,25). The molecule has 1 saturated carbocycles. The Morgan fingerprint density at radius 2 is 1.79 bits per heavy atom. The van der Waals surface area contributed by atoms with Crippen LogP contribution in [0.1, 0.15) is 36.8 Å². The maximum atomic E-state index is 13.3. The van der Waals surface area contributed by atoms with Gasteiger partial charge in [-0.2, -0.15) is 0 Å². The van der Waals surface area contributed by atoms with Gasteiger partial charge < -0.3 is 19.9 Å². The van der Waals surface area contributed by atoms with Gasteiger partial charge in [-0.1, -0.05) is 25.0 Å². The quantitative estimate of drug-likeness (QED) is 0.757. The van der Waals surface area contributed by atoms with E-state index in [-0.39, 0.29) is 5.91 Å². The Balaban J connectivity index is 1.79. The van der Waals surface area contributed by atoms with Crippen molar-refractivity contribution in [1.82, 2.24) is 0 Å². The summed E-state index contributed by atoms with van der Waals surface area (Å²) in [5, 5.41) is 11.7. The third-order valence-electron chi connectivity index (χ3n) is 5.33. The van der Waals surface area contributed by atoms with Crippen LogP contribution in [-0.4, -0.2) is 30.7 Å². The van der Waals surface area contributed by atoms with E-state index in [0.29, 0.717) is 11.4 Å². The summed E-state index contributed by atoms with van der Waals surface area (Å²) in [5.41, 5.74) is 2.10. The topological polar surface area (TPSA) is 84.9 Å². The van der Waals surface area contributed by atoms with Crippen LogP contribution < -0.4 is 14.8 Å². The van der Waals surface area contributed by atoms with Gasteiger partial charge in [0, 0.05) is 5.69 Å². The van der Waals surface area contributed by atoms with Crippen molar-refractivity contribution < 1.29 is 24.2 Å². The summed E-state index contributed by atoms with van der Waals surface area (Å²) >= 11 is 0. The van der Waals surface area contributed by atoms with Crippen LogP contribution in [-0.2, 0) is 15.0 Å². The average Bonchev–Trinajstić information content (AvgIpc) is 3.19. The van der Waals surface area contributed by atoms with E-state index in [1.165, 1.54) is 0 Å². The number of hydrogen-bond acceptors (Lipinski definition) is 4. The van der Waals surface area contributed by atoms with Gasteiger partial charge in [0.25, 0.3) is 0 Å². The maximum absolute atomic E-state index is 13.3. The monoisotopic (exact) mass is 383 g/mol. The highest BCUT2D eigenvalue weighted by Crippen LogP contribution is 2.43. The van der Waals surface area contributed by atoms with Gasteiger partial charge in [0.1, 0.15) is 11.5 Å². The second-order valence-corrected chi connectivity index (χ2v) is 7.13. The van der Waals surface area contributed by atoms with E-state index in [4.69, 9.17) is 14.6 Å². The number of rotatable bonds is 7. The average molecular weight is 383 g/mol. The van der Waals surface area contributed by atoms with Crippen molar-refractivity contribution in [2.24, 2.45) is 0 Å². The molecule has 3 rings (SSSR count). The summed E-state index contributed by atoms with van der Waals surface area (Å²) < 4.78 is 10.6. The normalized spacial score (nSPS) is 15.1. The number of benzene rings is 2. The van der Waals surface area contributed by atoms with Crippen LogP contribution in [0.5, 0.6) is 11.5 Å². The first-order valence-corrected chi connectivity index (χ1v) is 9.36. The molecule has 0 radical (unpaired) electrons. The molecule has 1 amide bonds. The molecule has 0 aromatic heterocycles. The first kappa shape index (κ1) is 19.7. The molecule has 0 spiro atoms. The summed E-state index contributed by atoms with van der Waals surface area (Å²) in [4.78, 5) is 23.8. The fourth-order valence-corrected chi connectivity index (χ4v) is 3.77. The number of carboxylic acid groups (broad SMARTS) is 1. The zero-order valence-electron chi connectivity index (χ0n) is 16.2. The highest BCUT2D eigenvalue weighted by Gasteiger charge is 2.43. The Hall–Kier alpha value is -3.02. The minimum Gasteiger partial charge on any atom is -0.496 e. The number of carboxylic acids is 1. The summed E-state index contributed by atoms with van der Waals surface area (Å²) in [6.45, 7) is 1.59. The van der Waals surface area contributed by atoms with E-state index in [0.717, 1.165) is 42.6 Å². The van der Waals surface area contributed by atoms with E-state index in [2.05, 4.69) is 5.32 Å². The van der Waals surface area contributed by atoms with E-state index < -0.39 is 18.0 Å². The number of hydrogen-bond donors (Lipinski definition) is 2. The molecule has 1 aliphatic carbocycles. The van der Waals surface area contributed by atoms with Crippen molar-refractivity contribution in [3.05, 3.63) is 53.6 Å². The SMILES string of the molecule is COc1cc(C2(C(=O)Nc3ccc(OCC(=O)O)cc3)CCCC2)ccc1C. The minimum absolute atomic E-state index is 0.0323. The molecule has 0 bridgehead atoms. The third-order valence-corrected chi connectivity index (χ3v) is 5.33. The first-order valence-electron chi connectivity index (χ1n) is 9.36. The molecule has 0 atom stereocenters. The molecule has 148 valence electrons. The van der Waals surface area contributed by atoms with E-state index in [9.17, 15) is 9.59 Å². The summed E-state index contributed by atoms with van der Waals surface area (Å²) in [6.07, 6.45) is 3.60. The molecule has 2 N–H and O–H groups in total. The van der Waals surface area contributed by atoms with Gasteiger partial charge in [-0.3, -0.25) is 4.79 Å². The smallest absolute Gasteiger partial charge is 0.341 e. The van der Waals surface area contributed by atoms with Crippen LogP contribution >= 0.6 is 0 Å². The van der Waals surface area contributed by atoms with Gasteiger partial charge >= 0.3 is 5.97 Å². The summed E-state index contributed by atoms with van der Waals surface area (Å²) in [5.74, 6) is 0.167. The van der Waals surface area contributed by atoms with Crippen LogP contribution in [0.3, 0.4) is 0 Å². The van der Waals surface area contributed by atoms with Crippen LogP contribution in [0, 0.1) is 6.92 Å². The lowest BCUT2D eigenvalue weighted by atomic mass is 9.77. The van der Waals surface area contributed by atoms with Crippen LogP contribution in [0.15, 0.2) is 42.5 Å². The third kappa shape index (κ3) is 4.11. The largest absolute Gasteiger partial charge is 0.496 e. The molecular weight excluding hydrogens is 358 g/mol. The highest BCUT2D eigenvalue weighted by atomic mass is 16.5. The summed E-state index contributed by atoms with van der Waals surface area (Å²) in [6, 6.07) is 12.7. The van der Waals surface area contributed by atoms with Crippen molar-refractivity contribution >= 4 is 17.6 Å². The van der Waals surface area contributed by atoms with Gasteiger partial charge in [-0.25, -0.2) is 4.79 Å². The maximum Gasteiger partial charge on any atom is 0.341 e. The second kappa shape index (κ2) is 8.33. The van der Waals surface area contributed by atoms with Crippen molar-refractivity contribution in [1.29, 1.82) is 0 Å². The van der Waals surface area contributed by atoms with Crippen LogP contribution in [0.2, 0.25) is 0 Å². The molecular formula is C22H25NO5. The fraction of sp³-hybridized carbons (Fsp3) is 0.364. The number of nitrogens with one attached hydrogen (secondary N) is 1. The number of amides is 1. The summed E-state index contributed by atoms with van der Waals surface area (Å²) in [7, 11) is 1.64. The molecule has 0 aliphatic heterocycles. The Morgan fingerprint density at radius 1 is 1.11 bits per heavy atom. The molecule has 2 aromatic carbocycles. The van der Waals surface area contributed by atoms with Crippen molar-refractivity contribution in [2.75, 3.05) is 19.0 Å². The van der Waals surface area contributed by atoms with Gasteiger partial charge in [-0.05, 0) is 61.2 Å². The minimum atomic E-state index is -1.03. The van der Waals surface area contributed by atoms with Crippen LogP contribution in [0.25, 0.3) is 0 Å². The van der Waals surface area contributed by atoms with Crippen molar-refractivity contribution in [3.63, 3.8) is 0 Å². The number of aryl methyl sites for hydroxylation is 1. The van der Waals surface area contributed by atoms with E-state index in [1.54, 1.807) is 31.4 Å². The number of ether oxygens (including phenoxy) is 2. The Morgan fingerprint density at radius 3 is 2.39 bits per heavy atom. The molecule has 0 heterocycles. The zero-order valence-corrected chi connectivity index (χ0v) is 16.2. The number of anilines is 1. The number of aliphatic carboxylic acids is 1. The van der Waals surface area contributed by atoms with Crippen molar-refractivity contribution in [3.8, 4) is 11.5 Å². The zero-order chi connectivity index (χ0) is 20.1. The molecule has 28 heavy (non-hydrogen) atoms. The Labute approximate surface area is 164 Å². The van der Waals surface area contributed by atoms with Crippen LogP contribution in [0.4, 0.5) is 5.69 Å². The Bertz CT molecular complexity index is 854. The lowest BCUT2D eigenvalue weighted by molar-refractivity contribution is -0.139. The van der Waals surface area contributed by atoms with Gasteiger partial charge in [0.2, 0.25) is 5.91 Å². The molecule has 0 unspecified atom stereocenters. The molecule has 6 nitrogen and oxygen atoms in total. The second-order valence-electron chi connectivity index (χ2n) is 7.13. The molecule has 6 heteroatoms. The first-order chi connectivity index (χ1) is 13.4. The Kier molecular flexibility index (Phi) is 5.87. The van der Waals surface area contributed by atoms with E-state index in [1.807, 2.05) is 25.1 Å². The number of methoxy groups -OCH3 is 1. The lowest BCUT2D eigenvalue weighted by Crippen LogP contribution is -2.38.